The van der Waals surface area contributed by atoms with Crippen LogP contribution >= 0.6 is 11.3 Å². The molecule has 4 nitrogen and oxygen atoms in total. The number of carbonyl (C=O) groups is 1. The van der Waals surface area contributed by atoms with E-state index in [0.717, 1.165) is 54.8 Å². The van der Waals surface area contributed by atoms with Gasteiger partial charge in [0.05, 0.1) is 11.2 Å². The second-order valence-corrected chi connectivity index (χ2v) is 9.20. The quantitative estimate of drug-likeness (QED) is 0.404. The third-order valence-corrected chi connectivity index (χ3v) is 6.32. The molecule has 2 atom stereocenters. The number of hydrogen-bond donors (Lipinski definition) is 1. The van der Waals surface area contributed by atoms with Gasteiger partial charge in [-0.05, 0) is 63.3 Å². The third kappa shape index (κ3) is 6.79. The summed E-state index contributed by atoms with van der Waals surface area (Å²) in [6, 6.07) is 6.27. The summed E-state index contributed by atoms with van der Waals surface area (Å²) in [6.07, 6.45) is 5.89. The van der Waals surface area contributed by atoms with Gasteiger partial charge in [-0.25, -0.2) is 14.2 Å². The largest absolute Gasteiger partial charge is 0.446 e. The molecule has 0 aliphatic heterocycles. The summed E-state index contributed by atoms with van der Waals surface area (Å²) in [7, 11) is 0. The highest BCUT2D eigenvalue weighted by molar-refractivity contribution is 7.13. The predicted molar refractivity (Wildman–Crippen MR) is 122 cm³/mol. The molecule has 0 fully saturated rings. The average Bonchev–Trinajstić information content (AvgIpc) is 3.21. The van der Waals surface area contributed by atoms with E-state index in [9.17, 15) is 9.18 Å². The number of rotatable bonds is 11. The predicted octanol–water partition coefficient (Wildman–Crippen LogP) is 7.30. The minimum absolute atomic E-state index is 0.0717. The molecule has 0 saturated heterocycles. The van der Waals surface area contributed by atoms with Crippen molar-refractivity contribution in [2.75, 3.05) is 0 Å². The van der Waals surface area contributed by atoms with Crippen LogP contribution in [0, 0.1) is 11.7 Å². The van der Waals surface area contributed by atoms with Crippen molar-refractivity contribution in [3.8, 4) is 10.6 Å². The van der Waals surface area contributed by atoms with Crippen LogP contribution in [0.25, 0.3) is 10.6 Å². The van der Waals surface area contributed by atoms with Crippen molar-refractivity contribution in [1.82, 2.24) is 10.3 Å². The van der Waals surface area contributed by atoms with Crippen molar-refractivity contribution in [2.45, 2.75) is 84.8 Å². The molecule has 1 N–H and O–H groups in total. The van der Waals surface area contributed by atoms with Crippen molar-refractivity contribution < 1.29 is 13.9 Å². The molecule has 1 aromatic carbocycles. The number of amides is 1. The van der Waals surface area contributed by atoms with Gasteiger partial charge in [0.25, 0.3) is 0 Å². The number of hydrogen-bond acceptors (Lipinski definition) is 4. The summed E-state index contributed by atoms with van der Waals surface area (Å²) in [5.41, 5.74) is 0.941. The van der Waals surface area contributed by atoms with Crippen molar-refractivity contribution in [1.29, 1.82) is 0 Å². The highest BCUT2D eigenvalue weighted by Gasteiger charge is 2.29. The van der Waals surface area contributed by atoms with Gasteiger partial charge in [-0.1, -0.05) is 40.0 Å². The van der Waals surface area contributed by atoms with Crippen molar-refractivity contribution in [3.63, 3.8) is 0 Å². The summed E-state index contributed by atoms with van der Waals surface area (Å²) >= 11 is 1.48. The zero-order valence-electron chi connectivity index (χ0n) is 18.8. The van der Waals surface area contributed by atoms with Crippen LogP contribution in [0.2, 0.25) is 0 Å². The summed E-state index contributed by atoms with van der Waals surface area (Å²) in [5.74, 6) is 0.129. The lowest BCUT2D eigenvalue weighted by Crippen LogP contribution is -2.43. The van der Waals surface area contributed by atoms with E-state index >= 15 is 0 Å². The summed E-state index contributed by atoms with van der Waals surface area (Å²) in [6.45, 7) is 10.3. The maximum Gasteiger partial charge on any atom is 0.408 e. The van der Waals surface area contributed by atoms with E-state index in [1.807, 2.05) is 19.2 Å². The maximum absolute atomic E-state index is 13.2. The normalized spacial score (nSPS) is 13.7. The van der Waals surface area contributed by atoms with Crippen molar-refractivity contribution >= 4 is 17.4 Å². The lowest BCUT2D eigenvalue weighted by Gasteiger charge is -2.29. The number of benzene rings is 1. The Morgan fingerprint density at radius 3 is 2.47 bits per heavy atom. The van der Waals surface area contributed by atoms with E-state index in [1.54, 1.807) is 12.1 Å². The fourth-order valence-corrected chi connectivity index (χ4v) is 4.63. The van der Waals surface area contributed by atoms with E-state index < -0.39 is 11.6 Å². The van der Waals surface area contributed by atoms with Crippen molar-refractivity contribution in [3.05, 3.63) is 41.2 Å². The van der Waals surface area contributed by atoms with Crippen LogP contribution in [0.5, 0.6) is 0 Å². The molecule has 0 radical (unpaired) electrons. The van der Waals surface area contributed by atoms with Gasteiger partial charge >= 0.3 is 6.09 Å². The second kappa shape index (κ2) is 11.4. The Balaban J connectivity index is 2.04. The number of alkyl carbamates (subject to hydrolysis) is 1. The minimum Gasteiger partial charge on any atom is -0.446 e. The molecule has 6 heteroatoms. The van der Waals surface area contributed by atoms with E-state index in [0.29, 0.717) is 5.92 Å². The average molecular weight is 435 g/mol. The van der Waals surface area contributed by atoms with Gasteiger partial charge in [-0.3, -0.25) is 0 Å². The molecule has 0 bridgehead atoms. The van der Waals surface area contributed by atoms with Gasteiger partial charge in [0.2, 0.25) is 0 Å². The Bertz CT molecular complexity index is 789. The number of ether oxygens (including phenoxy) is 1. The van der Waals surface area contributed by atoms with Gasteiger partial charge in [0.1, 0.15) is 16.9 Å². The van der Waals surface area contributed by atoms with Crippen LogP contribution in [0.3, 0.4) is 0 Å². The Morgan fingerprint density at radius 2 is 1.87 bits per heavy atom. The number of aromatic nitrogens is 1. The molecular weight excluding hydrogens is 399 g/mol. The number of carbonyl (C=O) groups excluding carboxylic acids is 1. The highest BCUT2D eigenvalue weighted by atomic mass is 32.1. The zero-order chi connectivity index (χ0) is 22.1. The first-order valence-corrected chi connectivity index (χ1v) is 11.9. The molecule has 1 heterocycles. The third-order valence-electron chi connectivity index (χ3n) is 5.42. The fraction of sp³-hybridized carbons (Fsp3) is 0.583. The molecule has 0 aliphatic rings. The van der Waals surface area contributed by atoms with Gasteiger partial charge in [-0.2, -0.15) is 0 Å². The van der Waals surface area contributed by atoms with E-state index in [2.05, 4.69) is 31.1 Å². The maximum atomic E-state index is 13.2. The zero-order valence-corrected chi connectivity index (χ0v) is 19.7. The van der Waals surface area contributed by atoms with E-state index in [-0.39, 0.29) is 11.9 Å². The first-order chi connectivity index (χ1) is 14.3. The molecular formula is C24H35FN2O2S. The van der Waals surface area contributed by atoms with Crippen LogP contribution in [-0.2, 0) is 10.3 Å². The topological polar surface area (TPSA) is 51.2 Å². The van der Waals surface area contributed by atoms with Crippen LogP contribution in [-0.4, -0.2) is 17.2 Å². The highest BCUT2D eigenvalue weighted by Crippen LogP contribution is 2.29. The molecule has 2 rings (SSSR count). The SMILES string of the molecule is CCCCC(CCC)C(CC)OC(=O)NC(C)(C)c1csc(-c2ccc(F)cc2)n1. The first kappa shape index (κ1) is 24.3. The van der Waals surface area contributed by atoms with Gasteiger partial charge < -0.3 is 10.1 Å². The molecule has 1 amide bonds. The fourth-order valence-electron chi connectivity index (χ4n) is 3.64. The summed E-state index contributed by atoms with van der Waals surface area (Å²) < 4.78 is 19.0. The number of nitrogens with zero attached hydrogens (tertiary/aromatic N) is 1. The Kier molecular flexibility index (Phi) is 9.28. The minimum atomic E-state index is -0.673. The van der Waals surface area contributed by atoms with Gasteiger partial charge in [0, 0.05) is 10.9 Å². The number of nitrogens with one attached hydrogen (secondary N) is 1. The molecule has 0 saturated carbocycles. The van der Waals surface area contributed by atoms with Crippen LogP contribution < -0.4 is 5.32 Å². The van der Waals surface area contributed by atoms with Crippen LogP contribution in [0.1, 0.15) is 78.8 Å². The van der Waals surface area contributed by atoms with Gasteiger partial charge in [0.15, 0.2) is 0 Å². The molecule has 166 valence electrons. The lowest BCUT2D eigenvalue weighted by atomic mass is 9.90. The standard InChI is InChI=1S/C24H35FN2O2S/c1-6-9-11-17(10-7-2)20(8-3)29-23(28)27-24(4,5)21-16-30-22(26-21)18-12-14-19(25)15-13-18/h12-17,20H,6-11H2,1-5H3,(H,27,28). The second-order valence-electron chi connectivity index (χ2n) is 8.34. The lowest BCUT2D eigenvalue weighted by molar-refractivity contribution is 0.0466. The Morgan fingerprint density at radius 1 is 1.17 bits per heavy atom. The monoisotopic (exact) mass is 434 g/mol. The van der Waals surface area contributed by atoms with Gasteiger partial charge in [-0.15, -0.1) is 11.3 Å². The van der Waals surface area contributed by atoms with Crippen LogP contribution in [0.15, 0.2) is 29.6 Å². The molecule has 30 heavy (non-hydrogen) atoms. The Labute approximate surface area is 184 Å². The molecule has 0 aliphatic carbocycles. The first-order valence-electron chi connectivity index (χ1n) is 11.0. The molecule has 0 spiro atoms. The molecule has 1 aromatic heterocycles. The van der Waals surface area contributed by atoms with E-state index in [1.165, 1.54) is 23.5 Å². The number of halogens is 1. The van der Waals surface area contributed by atoms with Crippen LogP contribution in [0.4, 0.5) is 9.18 Å². The molecule has 2 aromatic rings. The van der Waals surface area contributed by atoms with Crippen molar-refractivity contribution in [2.24, 2.45) is 5.92 Å². The summed E-state index contributed by atoms with van der Waals surface area (Å²) in [4.78, 5) is 17.4. The number of thiazole rings is 1. The summed E-state index contributed by atoms with van der Waals surface area (Å²) in [5, 5.41) is 5.71. The smallest absolute Gasteiger partial charge is 0.408 e. The number of unbranched alkanes of at least 4 members (excludes halogenated alkanes) is 1. The van der Waals surface area contributed by atoms with E-state index in [4.69, 9.17) is 4.74 Å². The molecule has 2 unspecified atom stereocenters. The Hall–Kier alpha value is -1.95.